The average Bonchev–Trinajstić information content (AvgIpc) is 1.88. The van der Waals surface area contributed by atoms with E-state index in [-0.39, 0.29) is 0 Å². The second-order valence-corrected chi connectivity index (χ2v) is 3.31. The number of anilines is 1. The van der Waals surface area contributed by atoms with Crippen molar-refractivity contribution < 1.29 is 0 Å². The van der Waals surface area contributed by atoms with E-state index in [1.807, 2.05) is 20.2 Å². The summed E-state index contributed by atoms with van der Waals surface area (Å²) in [5.41, 5.74) is 1.19. The molecule has 0 bridgehead atoms. The molecule has 0 aliphatic heterocycles. The molecule has 0 saturated carbocycles. The molecule has 0 unspecified atom stereocenters. The number of aromatic nitrogens is 1. The Morgan fingerprint density at radius 2 is 2.30 bits per heavy atom. The lowest BCUT2D eigenvalue weighted by atomic mass is 10.3. The fraction of sp³-hybridized carbons (Fsp3) is 0.286. The molecule has 0 amide bonds. The number of rotatable bonds is 1. The Labute approximate surface area is 74.2 Å². The molecule has 1 aromatic heterocycles. The Morgan fingerprint density at radius 1 is 1.60 bits per heavy atom. The predicted octanol–water partition coefficient (Wildman–Crippen LogP) is 2.04. The van der Waals surface area contributed by atoms with E-state index < -0.39 is 0 Å². The molecule has 10 heavy (non-hydrogen) atoms. The summed E-state index contributed by atoms with van der Waals surface area (Å²) in [6.45, 7) is 2.04. The monoisotopic (exact) mass is 248 g/mol. The molecule has 0 aromatic carbocycles. The van der Waals surface area contributed by atoms with Gasteiger partial charge in [0.2, 0.25) is 0 Å². The highest BCUT2D eigenvalue weighted by molar-refractivity contribution is 14.1. The van der Waals surface area contributed by atoms with E-state index in [4.69, 9.17) is 0 Å². The van der Waals surface area contributed by atoms with Crippen molar-refractivity contribution in [2.75, 3.05) is 12.4 Å². The highest BCUT2D eigenvalue weighted by Gasteiger charge is 1.95. The third kappa shape index (κ3) is 1.59. The fourth-order valence-electron chi connectivity index (χ4n) is 0.802. The molecule has 0 aliphatic carbocycles. The summed E-state index contributed by atoms with van der Waals surface area (Å²) < 4.78 is 1.18. The van der Waals surface area contributed by atoms with Crippen LogP contribution in [-0.4, -0.2) is 12.0 Å². The van der Waals surface area contributed by atoms with Crippen LogP contribution in [0.25, 0.3) is 0 Å². The molecule has 3 heteroatoms. The van der Waals surface area contributed by atoms with Gasteiger partial charge in [0.05, 0.1) is 0 Å². The van der Waals surface area contributed by atoms with Gasteiger partial charge in [0.1, 0.15) is 5.82 Å². The van der Waals surface area contributed by atoms with Gasteiger partial charge in [-0.1, -0.05) is 0 Å². The van der Waals surface area contributed by atoms with E-state index in [0.717, 1.165) is 5.82 Å². The normalized spacial score (nSPS) is 9.50. The van der Waals surface area contributed by atoms with E-state index in [2.05, 4.69) is 39.0 Å². The Kier molecular flexibility index (Phi) is 2.48. The van der Waals surface area contributed by atoms with E-state index in [9.17, 15) is 0 Å². The van der Waals surface area contributed by atoms with Crippen LogP contribution in [-0.2, 0) is 0 Å². The summed E-state index contributed by atoms with van der Waals surface area (Å²) in [5, 5.41) is 3.01. The summed E-state index contributed by atoms with van der Waals surface area (Å²) in [5.74, 6) is 0.959. The predicted molar refractivity (Wildman–Crippen MR) is 51.2 cm³/mol. The number of halogens is 1. The molecule has 54 valence electrons. The average molecular weight is 248 g/mol. The molecule has 1 rings (SSSR count). The van der Waals surface area contributed by atoms with Crippen LogP contribution in [0.2, 0.25) is 0 Å². The number of aryl methyl sites for hydroxylation is 1. The van der Waals surface area contributed by atoms with Crippen LogP contribution in [0.4, 0.5) is 5.82 Å². The van der Waals surface area contributed by atoms with E-state index in [0.29, 0.717) is 0 Å². The lowest BCUT2D eigenvalue weighted by Crippen LogP contribution is -1.94. The van der Waals surface area contributed by atoms with Gasteiger partial charge >= 0.3 is 0 Å². The first-order valence-electron chi connectivity index (χ1n) is 3.04. The first-order chi connectivity index (χ1) is 4.74. The third-order valence-corrected chi connectivity index (χ3v) is 1.87. The standard InChI is InChI=1S/C7H9IN2/c1-5-3-6(8)4-10-7(5)9-2/h3-4H,1-2H3,(H,9,10). The lowest BCUT2D eigenvalue weighted by molar-refractivity contribution is 1.22. The van der Waals surface area contributed by atoms with Crippen molar-refractivity contribution in [3.8, 4) is 0 Å². The largest absolute Gasteiger partial charge is 0.373 e. The van der Waals surface area contributed by atoms with Gasteiger partial charge in [0.15, 0.2) is 0 Å². The molecule has 2 nitrogen and oxygen atoms in total. The maximum Gasteiger partial charge on any atom is 0.128 e. The van der Waals surface area contributed by atoms with Crippen LogP contribution in [0.15, 0.2) is 12.3 Å². The Hall–Kier alpha value is -0.320. The molecular formula is C7H9IN2. The van der Waals surface area contributed by atoms with Crippen LogP contribution in [0.1, 0.15) is 5.56 Å². The summed E-state index contributed by atoms with van der Waals surface area (Å²) in [6.07, 6.45) is 1.85. The third-order valence-electron chi connectivity index (χ3n) is 1.28. The summed E-state index contributed by atoms with van der Waals surface area (Å²) in [6, 6.07) is 2.10. The Bertz CT molecular complexity index is 235. The maximum absolute atomic E-state index is 4.18. The number of nitrogens with one attached hydrogen (secondary N) is 1. The molecule has 1 heterocycles. The first kappa shape index (κ1) is 7.78. The number of hydrogen-bond acceptors (Lipinski definition) is 2. The van der Waals surface area contributed by atoms with Crippen LogP contribution in [0.5, 0.6) is 0 Å². The molecule has 0 saturated heterocycles. The summed E-state index contributed by atoms with van der Waals surface area (Å²) in [7, 11) is 1.88. The van der Waals surface area contributed by atoms with Gasteiger partial charge in [-0.25, -0.2) is 4.98 Å². The van der Waals surface area contributed by atoms with Crippen molar-refractivity contribution in [3.05, 3.63) is 21.4 Å². The van der Waals surface area contributed by atoms with Crippen LogP contribution >= 0.6 is 22.6 Å². The maximum atomic E-state index is 4.18. The Morgan fingerprint density at radius 3 is 2.80 bits per heavy atom. The van der Waals surface area contributed by atoms with Crippen molar-refractivity contribution >= 4 is 28.4 Å². The van der Waals surface area contributed by atoms with Gasteiger partial charge in [-0.2, -0.15) is 0 Å². The highest BCUT2D eigenvalue weighted by Crippen LogP contribution is 2.12. The Balaban J connectivity index is 3.07. The zero-order valence-corrected chi connectivity index (χ0v) is 8.14. The summed E-state index contributed by atoms with van der Waals surface area (Å²) in [4.78, 5) is 4.18. The zero-order valence-electron chi connectivity index (χ0n) is 5.98. The lowest BCUT2D eigenvalue weighted by Gasteiger charge is -2.02. The first-order valence-corrected chi connectivity index (χ1v) is 4.12. The minimum Gasteiger partial charge on any atom is -0.373 e. The minimum atomic E-state index is 0.959. The second-order valence-electron chi connectivity index (χ2n) is 2.07. The topological polar surface area (TPSA) is 24.9 Å². The van der Waals surface area contributed by atoms with Crippen molar-refractivity contribution in [1.82, 2.24) is 4.98 Å². The fourth-order valence-corrected chi connectivity index (χ4v) is 1.41. The number of hydrogen-bond donors (Lipinski definition) is 1. The van der Waals surface area contributed by atoms with Crippen molar-refractivity contribution in [3.63, 3.8) is 0 Å². The summed E-state index contributed by atoms with van der Waals surface area (Å²) >= 11 is 2.25. The highest BCUT2D eigenvalue weighted by atomic mass is 127. The van der Waals surface area contributed by atoms with Crippen LogP contribution < -0.4 is 5.32 Å². The van der Waals surface area contributed by atoms with Crippen molar-refractivity contribution in [2.24, 2.45) is 0 Å². The minimum absolute atomic E-state index is 0.959. The zero-order chi connectivity index (χ0) is 7.56. The van der Waals surface area contributed by atoms with Gasteiger partial charge in [0.25, 0.3) is 0 Å². The molecule has 0 radical (unpaired) electrons. The van der Waals surface area contributed by atoms with Crippen molar-refractivity contribution in [1.29, 1.82) is 0 Å². The number of nitrogens with zero attached hydrogens (tertiary/aromatic N) is 1. The van der Waals surface area contributed by atoms with E-state index >= 15 is 0 Å². The molecule has 0 spiro atoms. The molecular weight excluding hydrogens is 239 g/mol. The SMILES string of the molecule is CNc1ncc(I)cc1C. The molecule has 1 aromatic rings. The van der Waals surface area contributed by atoms with Gasteiger partial charge in [-0.05, 0) is 41.1 Å². The molecule has 1 N–H and O–H groups in total. The van der Waals surface area contributed by atoms with Gasteiger partial charge in [-0.15, -0.1) is 0 Å². The quantitative estimate of drug-likeness (QED) is 0.769. The smallest absolute Gasteiger partial charge is 0.128 e. The second kappa shape index (κ2) is 3.18. The van der Waals surface area contributed by atoms with Gasteiger partial charge < -0.3 is 5.32 Å². The van der Waals surface area contributed by atoms with Crippen LogP contribution in [0, 0.1) is 10.5 Å². The molecule has 0 atom stereocenters. The molecule has 0 aliphatic rings. The van der Waals surface area contributed by atoms with Gasteiger partial charge in [0, 0.05) is 16.8 Å². The van der Waals surface area contributed by atoms with Gasteiger partial charge in [-0.3, -0.25) is 0 Å². The van der Waals surface area contributed by atoms with E-state index in [1.165, 1.54) is 9.13 Å². The van der Waals surface area contributed by atoms with Crippen LogP contribution in [0.3, 0.4) is 0 Å². The van der Waals surface area contributed by atoms with Crippen molar-refractivity contribution in [2.45, 2.75) is 6.92 Å². The molecule has 0 fully saturated rings. The number of pyridine rings is 1. The van der Waals surface area contributed by atoms with E-state index in [1.54, 1.807) is 0 Å².